The van der Waals surface area contributed by atoms with Crippen molar-refractivity contribution in [3.05, 3.63) is 0 Å². The van der Waals surface area contributed by atoms with Crippen LogP contribution >= 0.6 is 0 Å². The first-order valence-corrected chi connectivity index (χ1v) is 4.39. The lowest BCUT2D eigenvalue weighted by Crippen LogP contribution is -2.26. The third-order valence-corrected chi connectivity index (χ3v) is 3.85. The van der Waals surface area contributed by atoms with E-state index in [0.29, 0.717) is 5.78 Å². The van der Waals surface area contributed by atoms with Crippen LogP contribution in [-0.2, 0) is 9.53 Å². The third kappa shape index (κ3) is 0.467. The molecule has 0 bridgehead atoms. The number of Topliss-reactive ketones (excluding diaryl/α,β-unsaturated/α-hetero) is 1. The second-order valence-electron chi connectivity index (χ2n) is 4.44. The molecule has 0 radical (unpaired) electrons. The summed E-state index contributed by atoms with van der Waals surface area (Å²) in [6, 6.07) is 0. The predicted molar refractivity (Wildman–Crippen MR) is 39.2 cm³/mol. The van der Waals surface area contributed by atoms with Gasteiger partial charge in [0.25, 0.3) is 0 Å². The summed E-state index contributed by atoms with van der Waals surface area (Å²) in [5, 5.41) is 0. The number of rotatable bonds is 0. The Balaban J connectivity index is 2.09. The summed E-state index contributed by atoms with van der Waals surface area (Å²) in [6.07, 6.45) is 4.35. The van der Waals surface area contributed by atoms with Crippen LogP contribution in [0.2, 0.25) is 0 Å². The van der Waals surface area contributed by atoms with Gasteiger partial charge in [-0.25, -0.2) is 0 Å². The van der Waals surface area contributed by atoms with Gasteiger partial charge in [-0.2, -0.15) is 0 Å². The fourth-order valence-corrected chi connectivity index (χ4v) is 3.12. The van der Waals surface area contributed by atoms with Crippen molar-refractivity contribution in [2.45, 2.75) is 44.3 Å². The molecule has 0 aromatic carbocycles. The average Bonchev–Trinajstić information content (AvgIpc) is 2.48. The molecule has 1 aliphatic heterocycles. The quantitative estimate of drug-likeness (QED) is 0.489. The molecule has 11 heavy (non-hydrogen) atoms. The Bertz CT molecular complexity index is 244. The van der Waals surface area contributed by atoms with Gasteiger partial charge in [-0.05, 0) is 19.3 Å². The van der Waals surface area contributed by atoms with Gasteiger partial charge >= 0.3 is 0 Å². The first-order valence-electron chi connectivity index (χ1n) is 4.39. The van der Waals surface area contributed by atoms with Gasteiger partial charge in [0.15, 0.2) is 5.78 Å². The zero-order valence-electron chi connectivity index (χ0n) is 6.72. The van der Waals surface area contributed by atoms with Gasteiger partial charge in [0, 0.05) is 11.8 Å². The lowest BCUT2D eigenvalue weighted by molar-refractivity contribution is -0.121. The van der Waals surface area contributed by atoms with Gasteiger partial charge in [-0.3, -0.25) is 4.79 Å². The van der Waals surface area contributed by atoms with Gasteiger partial charge in [0.2, 0.25) is 0 Å². The SMILES string of the molecule is C[C@]12CCC[C@]13O[C@@H]3C(=O)C2. The number of carbonyl (C=O) groups is 1. The highest BCUT2D eigenvalue weighted by Crippen LogP contribution is 2.67. The summed E-state index contributed by atoms with van der Waals surface area (Å²) in [7, 11) is 0. The molecule has 2 aliphatic carbocycles. The second kappa shape index (κ2) is 1.40. The molecule has 1 saturated heterocycles. The Morgan fingerprint density at radius 3 is 3.00 bits per heavy atom. The molecule has 3 aliphatic rings. The molecule has 2 nitrogen and oxygen atoms in total. The topological polar surface area (TPSA) is 29.6 Å². The van der Waals surface area contributed by atoms with E-state index in [9.17, 15) is 4.79 Å². The molecular formula is C9H12O2. The molecular weight excluding hydrogens is 140 g/mol. The van der Waals surface area contributed by atoms with Crippen molar-refractivity contribution in [1.82, 2.24) is 0 Å². The molecule has 0 unspecified atom stereocenters. The van der Waals surface area contributed by atoms with Crippen molar-refractivity contribution in [3.8, 4) is 0 Å². The maximum atomic E-state index is 11.3. The van der Waals surface area contributed by atoms with Crippen molar-refractivity contribution >= 4 is 5.78 Å². The number of hydrogen-bond donors (Lipinski definition) is 0. The Morgan fingerprint density at radius 1 is 1.55 bits per heavy atom. The monoisotopic (exact) mass is 152 g/mol. The number of hydrogen-bond acceptors (Lipinski definition) is 2. The number of epoxide rings is 1. The van der Waals surface area contributed by atoms with Crippen molar-refractivity contribution < 1.29 is 9.53 Å². The van der Waals surface area contributed by atoms with Crippen LogP contribution in [0.5, 0.6) is 0 Å². The van der Waals surface area contributed by atoms with E-state index in [0.717, 1.165) is 12.8 Å². The van der Waals surface area contributed by atoms with E-state index in [4.69, 9.17) is 4.74 Å². The third-order valence-electron chi connectivity index (χ3n) is 3.85. The highest BCUT2D eigenvalue weighted by Gasteiger charge is 2.76. The van der Waals surface area contributed by atoms with Crippen LogP contribution in [0, 0.1) is 5.41 Å². The van der Waals surface area contributed by atoms with Crippen LogP contribution < -0.4 is 0 Å². The standard InChI is InChI=1S/C9H12O2/c1-8-3-2-4-9(8)7(11-9)6(10)5-8/h7H,2-5H2,1H3/t7-,8-,9-/m1/s1. The minimum atomic E-state index is 0.00926. The fraction of sp³-hybridized carbons (Fsp3) is 0.889. The van der Waals surface area contributed by atoms with Crippen molar-refractivity contribution in [2.24, 2.45) is 5.41 Å². The Morgan fingerprint density at radius 2 is 2.36 bits per heavy atom. The van der Waals surface area contributed by atoms with Gasteiger partial charge in [-0.15, -0.1) is 0 Å². The van der Waals surface area contributed by atoms with Gasteiger partial charge in [-0.1, -0.05) is 6.92 Å². The first-order chi connectivity index (χ1) is 5.18. The fourth-order valence-electron chi connectivity index (χ4n) is 3.12. The molecule has 1 spiro atoms. The molecule has 0 aromatic rings. The van der Waals surface area contributed by atoms with Gasteiger partial charge < -0.3 is 4.74 Å². The lowest BCUT2D eigenvalue weighted by atomic mass is 9.81. The molecule has 60 valence electrons. The molecule has 3 fully saturated rings. The van der Waals surface area contributed by atoms with Crippen molar-refractivity contribution in [3.63, 3.8) is 0 Å². The summed E-state index contributed by atoms with van der Waals surface area (Å²) in [4.78, 5) is 11.3. The highest BCUT2D eigenvalue weighted by atomic mass is 16.6. The van der Waals surface area contributed by atoms with Gasteiger partial charge in [0.05, 0.1) is 0 Å². The van der Waals surface area contributed by atoms with Crippen LogP contribution in [-0.4, -0.2) is 17.5 Å². The number of ketones is 1. The summed E-state index contributed by atoms with van der Waals surface area (Å²) in [5.41, 5.74) is 0.249. The van der Waals surface area contributed by atoms with E-state index in [1.165, 1.54) is 12.8 Å². The van der Waals surface area contributed by atoms with Crippen LogP contribution in [0.1, 0.15) is 32.6 Å². The van der Waals surface area contributed by atoms with E-state index < -0.39 is 0 Å². The Hall–Kier alpha value is -0.370. The van der Waals surface area contributed by atoms with E-state index in [2.05, 4.69) is 6.92 Å². The Labute approximate surface area is 65.9 Å². The average molecular weight is 152 g/mol. The molecule has 3 atom stereocenters. The highest BCUT2D eigenvalue weighted by molar-refractivity contribution is 5.91. The molecule has 2 saturated carbocycles. The van der Waals surface area contributed by atoms with Crippen LogP contribution in [0.4, 0.5) is 0 Å². The van der Waals surface area contributed by atoms with Crippen LogP contribution in [0.25, 0.3) is 0 Å². The summed E-state index contributed by atoms with van der Waals surface area (Å²) in [6.45, 7) is 2.21. The number of ether oxygens (including phenoxy) is 1. The molecule has 0 amide bonds. The zero-order chi connectivity index (χ0) is 7.69. The normalized spacial score (nSPS) is 59.4. The summed E-state index contributed by atoms with van der Waals surface area (Å²) < 4.78 is 5.53. The maximum absolute atomic E-state index is 11.3. The predicted octanol–water partition coefficient (Wildman–Crippen LogP) is 1.29. The summed E-state index contributed by atoms with van der Waals surface area (Å²) >= 11 is 0. The molecule has 0 N–H and O–H groups in total. The zero-order valence-corrected chi connectivity index (χ0v) is 6.72. The van der Waals surface area contributed by atoms with E-state index in [1.54, 1.807) is 0 Å². The van der Waals surface area contributed by atoms with E-state index in [-0.39, 0.29) is 17.1 Å². The molecule has 3 rings (SSSR count). The Kier molecular flexibility index (Phi) is 0.787. The molecule has 0 aromatic heterocycles. The van der Waals surface area contributed by atoms with E-state index >= 15 is 0 Å². The number of carbonyl (C=O) groups excluding carboxylic acids is 1. The van der Waals surface area contributed by atoms with Gasteiger partial charge in [0.1, 0.15) is 11.7 Å². The first kappa shape index (κ1) is 6.18. The smallest absolute Gasteiger partial charge is 0.165 e. The molecule has 1 heterocycles. The van der Waals surface area contributed by atoms with Crippen LogP contribution in [0.3, 0.4) is 0 Å². The van der Waals surface area contributed by atoms with Crippen LogP contribution in [0.15, 0.2) is 0 Å². The summed E-state index contributed by atoms with van der Waals surface area (Å²) in [5.74, 6) is 0.354. The van der Waals surface area contributed by atoms with E-state index in [1.807, 2.05) is 0 Å². The van der Waals surface area contributed by atoms with Crippen molar-refractivity contribution in [1.29, 1.82) is 0 Å². The minimum absolute atomic E-state index is 0.00926. The largest absolute Gasteiger partial charge is 0.357 e. The molecule has 2 heteroatoms. The maximum Gasteiger partial charge on any atom is 0.165 e. The lowest BCUT2D eigenvalue weighted by Gasteiger charge is -2.23. The van der Waals surface area contributed by atoms with Crippen molar-refractivity contribution in [2.75, 3.05) is 0 Å². The minimum Gasteiger partial charge on any atom is -0.357 e. The second-order valence-corrected chi connectivity index (χ2v) is 4.44.